The molecule has 4 aliphatic rings. The van der Waals surface area contributed by atoms with E-state index in [9.17, 15) is 30.6 Å². The van der Waals surface area contributed by atoms with Gasteiger partial charge in [-0.2, -0.15) is 0 Å². The van der Waals surface area contributed by atoms with E-state index < -0.39 is 5.92 Å². The van der Waals surface area contributed by atoms with Crippen LogP contribution in [0.5, 0.6) is 34.5 Å². The molecule has 5 aromatic rings. The SMILES string of the molecule is Cc1cc(O)c(-c2cc(C(c3cccc(C4CCCCC4)c3O)c3cccc(C4CCCCC4)c3O)c(O)c(-c3cc(C4CCCCC4)c(C)cc3O)c2O)cc1C1CCCCC1. The Hall–Kier alpha value is -5.10. The van der Waals surface area contributed by atoms with Gasteiger partial charge in [0.05, 0.1) is 5.56 Å². The van der Waals surface area contributed by atoms with E-state index in [1.807, 2.05) is 62.4 Å². The molecule has 0 saturated heterocycles. The lowest BCUT2D eigenvalue weighted by Gasteiger charge is -2.30. The predicted octanol–water partition coefficient (Wildman–Crippen LogP) is 15.2. The maximum absolute atomic E-state index is 13.1. The van der Waals surface area contributed by atoms with Crippen LogP contribution in [-0.2, 0) is 0 Å². The van der Waals surface area contributed by atoms with E-state index in [-0.39, 0.29) is 57.8 Å². The van der Waals surface area contributed by atoms with Gasteiger partial charge in [-0.1, -0.05) is 113 Å². The van der Waals surface area contributed by atoms with E-state index in [2.05, 4.69) is 0 Å². The topological polar surface area (TPSA) is 121 Å². The standard InChI is InChI=1S/C57H68O6/c1-34-29-50(58)46(31-44(34)38-21-11-5-12-22-38)47-33-49(57(63)53(56(47)62)48-32-45(35(2)30-51(48)59)39-23-13-6-14-24-39)52(42-27-15-25-40(54(42)60)36-17-7-3-8-18-36)43-28-16-26-41(55(43)61)37-19-9-4-10-20-37/h15-16,25-33,36-39,52,58-63H,3-14,17-24H2,1-2H3. The number of aromatic hydroxyl groups is 6. The molecule has 63 heavy (non-hydrogen) atoms. The number of para-hydroxylation sites is 2. The average molecular weight is 849 g/mol. The van der Waals surface area contributed by atoms with Gasteiger partial charge in [-0.3, -0.25) is 0 Å². The van der Waals surface area contributed by atoms with Gasteiger partial charge in [0, 0.05) is 39.3 Å². The minimum Gasteiger partial charge on any atom is -0.507 e. The van der Waals surface area contributed by atoms with Crippen LogP contribution >= 0.6 is 0 Å². The number of phenols is 6. The zero-order valence-corrected chi connectivity index (χ0v) is 37.6. The molecule has 9 rings (SSSR count). The highest BCUT2D eigenvalue weighted by molar-refractivity contribution is 5.92. The number of aryl methyl sites for hydroxylation is 2. The van der Waals surface area contributed by atoms with Crippen LogP contribution in [0.1, 0.15) is 208 Å². The summed E-state index contributed by atoms with van der Waals surface area (Å²) >= 11 is 0. The lowest BCUT2D eigenvalue weighted by molar-refractivity contribution is 0.405. The van der Waals surface area contributed by atoms with Crippen molar-refractivity contribution >= 4 is 0 Å². The molecule has 0 aromatic heterocycles. The fourth-order valence-electron chi connectivity index (χ4n) is 12.5. The van der Waals surface area contributed by atoms with E-state index in [1.54, 1.807) is 18.2 Å². The number of hydrogen-bond donors (Lipinski definition) is 6. The highest BCUT2D eigenvalue weighted by Gasteiger charge is 2.35. The van der Waals surface area contributed by atoms with Crippen LogP contribution in [0.25, 0.3) is 22.3 Å². The van der Waals surface area contributed by atoms with Crippen molar-refractivity contribution in [2.45, 2.75) is 172 Å². The molecule has 6 heteroatoms. The molecule has 6 nitrogen and oxygen atoms in total. The second-order valence-electron chi connectivity index (χ2n) is 19.9. The third kappa shape index (κ3) is 8.40. The molecule has 0 unspecified atom stereocenters. The Balaban J connectivity index is 1.34. The molecule has 4 aliphatic carbocycles. The van der Waals surface area contributed by atoms with Crippen LogP contribution in [0.3, 0.4) is 0 Å². The average Bonchev–Trinajstić information content (AvgIpc) is 3.30. The second kappa shape index (κ2) is 18.6. The lowest BCUT2D eigenvalue weighted by Crippen LogP contribution is -2.11. The molecule has 0 spiro atoms. The number of phenolic OH excluding ortho intramolecular Hbond substituents is 6. The highest BCUT2D eigenvalue weighted by atomic mass is 16.3. The minimum atomic E-state index is -0.883. The van der Waals surface area contributed by atoms with Crippen LogP contribution < -0.4 is 0 Å². The summed E-state index contributed by atoms with van der Waals surface area (Å²) in [5.74, 6) is -0.107. The first kappa shape index (κ1) is 43.2. The maximum Gasteiger partial charge on any atom is 0.135 e. The van der Waals surface area contributed by atoms with Crippen molar-refractivity contribution in [3.8, 4) is 56.8 Å². The normalized spacial score (nSPS) is 18.6. The van der Waals surface area contributed by atoms with Crippen molar-refractivity contribution in [3.05, 3.63) is 117 Å². The van der Waals surface area contributed by atoms with E-state index in [0.717, 1.165) is 136 Å². The summed E-state index contributed by atoms with van der Waals surface area (Å²) in [7, 11) is 0. The van der Waals surface area contributed by atoms with E-state index in [1.165, 1.54) is 25.7 Å². The van der Waals surface area contributed by atoms with Crippen molar-refractivity contribution < 1.29 is 30.6 Å². The summed E-state index contributed by atoms with van der Waals surface area (Å²) in [6, 6.07) is 21.1. The Kier molecular flexibility index (Phi) is 12.7. The Morgan fingerprint density at radius 3 is 1.17 bits per heavy atom. The van der Waals surface area contributed by atoms with Gasteiger partial charge >= 0.3 is 0 Å². The first-order valence-electron chi connectivity index (χ1n) is 24.5. The Bertz CT molecular complexity index is 2370. The number of hydrogen-bond acceptors (Lipinski definition) is 6. The largest absolute Gasteiger partial charge is 0.507 e. The van der Waals surface area contributed by atoms with Crippen molar-refractivity contribution in [2.75, 3.05) is 0 Å². The monoisotopic (exact) mass is 849 g/mol. The van der Waals surface area contributed by atoms with Crippen LogP contribution in [0, 0.1) is 13.8 Å². The molecule has 332 valence electrons. The van der Waals surface area contributed by atoms with Gasteiger partial charge in [0.2, 0.25) is 0 Å². The van der Waals surface area contributed by atoms with Gasteiger partial charge in [-0.25, -0.2) is 0 Å². The zero-order chi connectivity index (χ0) is 43.8. The fraction of sp³-hybridized carbons (Fsp3) is 0.474. The Labute approximate surface area is 374 Å². The summed E-state index contributed by atoms with van der Waals surface area (Å²) in [6.07, 6.45) is 21.8. The zero-order valence-electron chi connectivity index (χ0n) is 37.6. The quantitative estimate of drug-likeness (QED) is 0.0822. The van der Waals surface area contributed by atoms with E-state index in [4.69, 9.17) is 0 Å². The highest BCUT2D eigenvalue weighted by Crippen LogP contribution is 2.57. The summed E-state index contributed by atoms with van der Waals surface area (Å²) in [6.45, 7) is 4.06. The maximum atomic E-state index is 13.1. The molecule has 0 aliphatic heterocycles. The van der Waals surface area contributed by atoms with E-state index >= 15 is 0 Å². The van der Waals surface area contributed by atoms with Crippen LogP contribution in [0.4, 0.5) is 0 Å². The van der Waals surface area contributed by atoms with Gasteiger partial charge in [0.1, 0.15) is 34.5 Å². The molecule has 5 aromatic carbocycles. The first-order valence-corrected chi connectivity index (χ1v) is 24.5. The summed E-state index contributed by atoms with van der Waals surface area (Å²) < 4.78 is 0. The molecule has 0 radical (unpaired) electrons. The first-order chi connectivity index (χ1) is 30.6. The minimum absolute atomic E-state index is 0.0156. The van der Waals surface area contributed by atoms with E-state index in [0.29, 0.717) is 39.3 Å². The molecule has 4 fully saturated rings. The molecular formula is C57H68O6. The smallest absolute Gasteiger partial charge is 0.135 e. The fourth-order valence-corrected chi connectivity index (χ4v) is 12.5. The summed E-state index contributed by atoms with van der Waals surface area (Å²) in [4.78, 5) is 0. The Morgan fingerprint density at radius 1 is 0.365 bits per heavy atom. The van der Waals surface area contributed by atoms with Gasteiger partial charge in [0.15, 0.2) is 0 Å². The summed E-state index contributed by atoms with van der Waals surface area (Å²) in [5, 5.41) is 74.9. The second-order valence-corrected chi connectivity index (χ2v) is 19.9. The van der Waals surface area contributed by atoms with Crippen LogP contribution in [0.2, 0.25) is 0 Å². The van der Waals surface area contributed by atoms with Crippen LogP contribution in [-0.4, -0.2) is 30.6 Å². The van der Waals surface area contributed by atoms with Gasteiger partial charge < -0.3 is 30.6 Å². The van der Waals surface area contributed by atoms with Gasteiger partial charge in [-0.15, -0.1) is 0 Å². The number of benzene rings is 5. The van der Waals surface area contributed by atoms with Crippen molar-refractivity contribution in [2.24, 2.45) is 0 Å². The van der Waals surface area contributed by atoms with Gasteiger partial charge in [-0.05, 0) is 153 Å². The molecule has 0 amide bonds. The third-order valence-electron chi connectivity index (χ3n) is 15.9. The Morgan fingerprint density at radius 2 is 0.746 bits per heavy atom. The predicted molar refractivity (Wildman–Crippen MR) is 254 cm³/mol. The molecule has 4 saturated carbocycles. The number of rotatable bonds is 9. The summed E-state index contributed by atoms with van der Waals surface area (Å²) in [5.41, 5.74) is 8.59. The van der Waals surface area contributed by atoms with Crippen LogP contribution in [0.15, 0.2) is 66.7 Å². The molecule has 6 N–H and O–H groups in total. The molecule has 0 atom stereocenters. The van der Waals surface area contributed by atoms with Crippen molar-refractivity contribution in [1.82, 2.24) is 0 Å². The third-order valence-corrected chi connectivity index (χ3v) is 15.9. The molecule has 0 bridgehead atoms. The van der Waals surface area contributed by atoms with Crippen molar-refractivity contribution in [1.29, 1.82) is 0 Å². The molecular weight excluding hydrogens is 781 g/mol. The van der Waals surface area contributed by atoms with Gasteiger partial charge in [0.25, 0.3) is 0 Å². The molecule has 0 heterocycles. The lowest BCUT2D eigenvalue weighted by atomic mass is 9.75. The van der Waals surface area contributed by atoms with Crippen molar-refractivity contribution in [3.63, 3.8) is 0 Å².